The van der Waals surface area contributed by atoms with Gasteiger partial charge in [-0.15, -0.1) is 0 Å². The highest BCUT2D eigenvalue weighted by molar-refractivity contribution is 5.84. The zero-order valence-corrected chi connectivity index (χ0v) is 14.2. The Balaban J connectivity index is 2.97. The second-order valence-electron chi connectivity index (χ2n) is 4.99. The van der Waals surface area contributed by atoms with Gasteiger partial charge in [-0.3, -0.25) is 0 Å². The molecule has 22 heavy (non-hydrogen) atoms. The van der Waals surface area contributed by atoms with Gasteiger partial charge in [0.15, 0.2) is 0 Å². The number of nitrogens with one attached hydrogen (secondary N) is 2. The van der Waals surface area contributed by atoms with Gasteiger partial charge in [-0.25, -0.2) is 4.99 Å². The maximum atomic E-state index is 4.72. The van der Waals surface area contributed by atoms with Crippen molar-refractivity contribution in [2.45, 2.75) is 27.2 Å². The Morgan fingerprint density at radius 1 is 1.32 bits per heavy atom. The first-order chi connectivity index (χ1) is 10.6. The third-order valence-electron chi connectivity index (χ3n) is 3.13. The van der Waals surface area contributed by atoms with E-state index >= 15 is 0 Å². The van der Waals surface area contributed by atoms with Crippen LogP contribution >= 0.6 is 0 Å². The molecule has 0 saturated carbocycles. The molecule has 2 N–H and O–H groups in total. The van der Waals surface area contributed by atoms with E-state index < -0.39 is 0 Å². The number of aliphatic imine (C=N–C) groups is 1. The monoisotopic (exact) mass is 300 g/mol. The van der Waals surface area contributed by atoms with Crippen LogP contribution in [0.2, 0.25) is 0 Å². The fraction of sp³-hybridized carbons (Fsp3) is 0.389. The number of hydrogen-bond donors (Lipinski definition) is 2. The van der Waals surface area contributed by atoms with Crippen LogP contribution in [0.4, 0.5) is 11.4 Å². The van der Waals surface area contributed by atoms with Crippen molar-refractivity contribution in [3.63, 3.8) is 0 Å². The standard InChI is InChI=1S/C18H28N4/c1-6-9-11-15(4)20-18(22(5)8-3)21-17-13-10-12-16(14-17)19-7-2/h9-14,19H,4,6-8H2,1-3,5H3,(H,20,21)/b11-9-. The molecule has 0 fully saturated rings. The largest absolute Gasteiger partial charge is 0.385 e. The summed E-state index contributed by atoms with van der Waals surface area (Å²) in [5.41, 5.74) is 2.82. The van der Waals surface area contributed by atoms with Crippen LogP contribution < -0.4 is 10.6 Å². The zero-order chi connectivity index (χ0) is 16.4. The molecule has 0 aliphatic heterocycles. The van der Waals surface area contributed by atoms with Crippen LogP contribution in [0.3, 0.4) is 0 Å². The highest BCUT2D eigenvalue weighted by atomic mass is 15.3. The molecule has 0 aromatic heterocycles. The molecule has 0 radical (unpaired) electrons. The minimum Gasteiger partial charge on any atom is -0.385 e. The molecule has 4 nitrogen and oxygen atoms in total. The van der Waals surface area contributed by atoms with Gasteiger partial charge >= 0.3 is 0 Å². The molecule has 0 aliphatic rings. The Labute approximate surface area is 134 Å². The number of nitrogens with zero attached hydrogens (tertiary/aromatic N) is 2. The molecule has 1 rings (SSSR count). The summed E-state index contributed by atoms with van der Waals surface area (Å²) in [5, 5.41) is 6.58. The molecule has 0 amide bonds. The van der Waals surface area contributed by atoms with Gasteiger partial charge in [-0.1, -0.05) is 25.6 Å². The predicted octanol–water partition coefficient (Wildman–Crippen LogP) is 4.13. The maximum Gasteiger partial charge on any atom is 0.203 e. The lowest BCUT2D eigenvalue weighted by Gasteiger charge is -2.21. The molecule has 1 aromatic carbocycles. The first-order valence-electron chi connectivity index (χ1n) is 7.86. The second kappa shape index (κ2) is 9.66. The molecule has 0 atom stereocenters. The number of guanidine groups is 1. The lowest BCUT2D eigenvalue weighted by atomic mass is 10.3. The van der Waals surface area contributed by atoms with Crippen LogP contribution in [0, 0.1) is 0 Å². The van der Waals surface area contributed by atoms with Crippen LogP contribution in [-0.4, -0.2) is 31.0 Å². The minimum atomic E-state index is 0.793. The normalized spacial score (nSPS) is 11.5. The Bertz CT molecular complexity index is 532. The zero-order valence-electron chi connectivity index (χ0n) is 14.2. The van der Waals surface area contributed by atoms with Crippen molar-refractivity contribution in [2.24, 2.45) is 4.99 Å². The lowest BCUT2D eigenvalue weighted by Crippen LogP contribution is -2.37. The SMILES string of the molecule is C=C(/C=C\CC)NC(=Nc1cccc(NCC)c1)N(C)CC. The molecule has 0 spiro atoms. The van der Waals surface area contributed by atoms with Crippen molar-refractivity contribution >= 4 is 17.3 Å². The summed E-state index contributed by atoms with van der Waals surface area (Å²) in [5.74, 6) is 0.793. The van der Waals surface area contributed by atoms with Crippen LogP contribution in [0.5, 0.6) is 0 Å². The number of hydrogen-bond acceptors (Lipinski definition) is 2. The Kier molecular flexibility index (Phi) is 7.83. The van der Waals surface area contributed by atoms with Gasteiger partial charge in [0.25, 0.3) is 0 Å². The average molecular weight is 300 g/mol. The lowest BCUT2D eigenvalue weighted by molar-refractivity contribution is 0.519. The number of rotatable bonds is 7. The first kappa shape index (κ1) is 17.8. The van der Waals surface area contributed by atoms with E-state index in [0.717, 1.165) is 42.5 Å². The number of anilines is 1. The number of allylic oxidation sites excluding steroid dienone is 2. The molecule has 0 aliphatic carbocycles. The quantitative estimate of drug-likeness (QED) is 0.452. The minimum absolute atomic E-state index is 0.793. The highest BCUT2D eigenvalue weighted by Gasteiger charge is 2.05. The smallest absolute Gasteiger partial charge is 0.203 e. The summed E-state index contributed by atoms with van der Waals surface area (Å²) >= 11 is 0. The van der Waals surface area contributed by atoms with E-state index in [2.05, 4.69) is 49.0 Å². The molecule has 0 bridgehead atoms. The van der Waals surface area contributed by atoms with Crippen molar-refractivity contribution in [2.75, 3.05) is 25.5 Å². The summed E-state index contributed by atoms with van der Waals surface area (Å²) in [7, 11) is 2.01. The molecule has 0 unspecified atom stereocenters. The van der Waals surface area contributed by atoms with Crippen LogP contribution in [-0.2, 0) is 0 Å². The first-order valence-corrected chi connectivity index (χ1v) is 7.86. The summed E-state index contributed by atoms with van der Waals surface area (Å²) in [6, 6.07) is 8.09. The molecular weight excluding hydrogens is 272 g/mol. The van der Waals surface area contributed by atoms with Crippen molar-refractivity contribution in [1.82, 2.24) is 10.2 Å². The van der Waals surface area contributed by atoms with Crippen LogP contribution in [0.1, 0.15) is 27.2 Å². The van der Waals surface area contributed by atoms with Gasteiger partial charge in [0, 0.05) is 31.5 Å². The molecule has 4 heteroatoms. The topological polar surface area (TPSA) is 39.7 Å². The van der Waals surface area contributed by atoms with E-state index in [9.17, 15) is 0 Å². The predicted molar refractivity (Wildman–Crippen MR) is 97.7 cm³/mol. The molecule has 0 heterocycles. The molecule has 0 saturated heterocycles. The van der Waals surface area contributed by atoms with Crippen LogP contribution in [0.25, 0.3) is 0 Å². The van der Waals surface area contributed by atoms with E-state index in [1.54, 1.807) is 0 Å². The van der Waals surface area contributed by atoms with Gasteiger partial charge in [0.1, 0.15) is 0 Å². The summed E-state index contributed by atoms with van der Waals surface area (Å²) in [4.78, 5) is 6.78. The third-order valence-corrected chi connectivity index (χ3v) is 3.13. The van der Waals surface area contributed by atoms with Gasteiger partial charge in [-0.05, 0) is 44.5 Å². The molecule has 120 valence electrons. The molecular formula is C18H28N4. The van der Waals surface area contributed by atoms with E-state index in [1.165, 1.54) is 0 Å². The van der Waals surface area contributed by atoms with Crippen molar-refractivity contribution < 1.29 is 0 Å². The van der Waals surface area contributed by atoms with Crippen LogP contribution in [0.15, 0.2) is 53.7 Å². The number of benzene rings is 1. The highest BCUT2D eigenvalue weighted by Crippen LogP contribution is 2.18. The van der Waals surface area contributed by atoms with Gasteiger partial charge in [-0.2, -0.15) is 0 Å². The average Bonchev–Trinajstić information content (AvgIpc) is 2.52. The van der Waals surface area contributed by atoms with E-state index in [1.807, 2.05) is 37.4 Å². The van der Waals surface area contributed by atoms with E-state index in [0.29, 0.717) is 0 Å². The summed E-state index contributed by atoms with van der Waals surface area (Å²) < 4.78 is 0. The van der Waals surface area contributed by atoms with Gasteiger partial charge in [0.05, 0.1) is 5.69 Å². The third kappa shape index (κ3) is 6.04. The summed E-state index contributed by atoms with van der Waals surface area (Å²) in [6.45, 7) is 12.1. The van der Waals surface area contributed by atoms with E-state index in [4.69, 9.17) is 4.99 Å². The Hall–Kier alpha value is -2.23. The fourth-order valence-electron chi connectivity index (χ4n) is 1.82. The van der Waals surface area contributed by atoms with Crippen molar-refractivity contribution in [3.05, 3.63) is 48.7 Å². The second-order valence-corrected chi connectivity index (χ2v) is 4.99. The van der Waals surface area contributed by atoms with Gasteiger partial charge in [0.2, 0.25) is 5.96 Å². The Morgan fingerprint density at radius 3 is 2.73 bits per heavy atom. The van der Waals surface area contributed by atoms with Crippen molar-refractivity contribution in [3.8, 4) is 0 Å². The van der Waals surface area contributed by atoms with E-state index in [-0.39, 0.29) is 0 Å². The van der Waals surface area contributed by atoms with Crippen molar-refractivity contribution in [1.29, 1.82) is 0 Å². The maximum absolute atomic E-state index is 4.72. The van der Waals surface area contributed by atoms with Gasteiger partial charge < -0.3 is 15.5 Å². The molecule has 1 aromatic rings. The fourth-order valence-corrected chi connectivity index (χ4v) is 1.82. The Morgan fingerprint density at radius 2 is 2.09 bits per heavy atom. The summed E-state index contributed by atoms with van der Waals surface area (Å²) in [6.07, 6.45) is 5.04.